The van der Waals surface area contributed by atoms with E-state index >= 15 is 0 Å². The van der Waals surface area contributed by atoms with Crippen LogP contribution in [0.4, 0.5) is 0 Å². The molecule has 1 N–H and O–H groups in total. The standard InChI is InChI=1S/C13H29NO3S/c1-6-14-12(9-8-10-18(5,15)16)13(11(3)4)17-7-2/h11-14H,6-10H2,1-5H3. The fraction of sp³-hybridized carbons (Fsp3) is 1.00. The Labute approximate surface area is 112 Å². The molecule has 18 heavy (non-hydrogen) atoms. The van der Waals surface area contributed by atoms with Crippen LogP contribution in [-0.2, 0) is 14.6 Å². The van der Waals surface area contributed by atoms with Crippen molar-refractivity contribution < 1.29 is 13.2 Å². The highest BCUT2D eigenvalue weighted by molar-refractivity contribution is 7.90. The minimum absolute atomic E-state index is 0.148. The van der Waals surface area contributed by atoms with E-state index in [1.54, 1.807) is 0 Å². The van der Waals surface area contributed by atoms with Crippen LogP contribution in [0.3, 0.4) is 0 Å². The van der Waals surface area contributed by atoms with Gasteiger partial charge in [-0.2, -0.15) is 0 Å². The number of ether oxygens (including phenoxy) is 1. The first-order chi connectivity index (χ1) is 8.31. The third-order valence-electron chi connectivity index (χ3n) is 2.91. The lowest BCUT2D eigenvalue weighted by atomic mass is 9.96. The van der Waals surface area contributed by atoms with Crippen molar-refractivity contribution in [1.82, 2.24) is 5.32 Å². The molecule has 0 aromatic heterocycles. The zero-order valence-electron chi connectivity index (χ0n) is 12.4. The summed E-state index contributed by atoms with van der Waals surface area (Å²) in [4.78, 5) is 0. The van der Waals surface area contributed by atoms with Gasteiger partial charge in [-0.15, -0.1) is 0 Å². The van der Waals surface area contributed by atoms with Gasteiger partial charge < -0.3 is 10.1 Å². The first kappa shape index (κ1) is 17.9. The van der Waals surface area contributed by atoms with Crippen LogP contribution < -0.4 is 5.32 Å². The predicted octanol–water partition coefficient (Wildman–Crippen LogP) is 1.85. The van der Waals surface area contributed by atoms with E-state index in [4.69, 9.17) is 4.74 Å². The molecule has 0 fully saturated rings. The third-order valence-corrected chi connectivity index (χ3v) is 3.94. The van der Waals surface area contributed by atoms with Crippen molar-refractivity contribution in [3.05, 3.63) is 0 Å². The van der Waals surface area contributed by atoms with E-state index < -0.39 is 9.84 Å². The third kappa shape index (κ3) is 8.06. The zero-order chi connectivity index (χ0) is 14.2. The van der Waals surface area contributed by atoms with Gasteiger partial charge in [0, 0.05) is 24.7 Å². The van der Waals surface area contributed by atoms with Gasteiger partial charge in [0.15, 0.2) is 0 Å². The molecule has 0 aromatic carbocycles. The van der Waals surface area contributed by atoms with Crippen LogP contribution in [0.5, 0.6) is 0 Å². The molecule has 2 unspecified atom stereocenters. The normalized spacial score (nSPS) is 15.9. The smallest absolute Gasteiger partial charge is 0.147 e. The molecule has 110 valence electrons. The number of hydrogen-bond donors (Lipinski definition) is 1. The van der Waals surface area contributed by atoms with Crippen LogP contribution >= 0.6 is 0 Å². The van der Waals surface area contributed by atoms with Gasteiger partial charge in [-0.05, 0) is 32.2 Å². The minimum Gasteiger partial charge on any atom is -0.377 e. The van der Waals surface area contributed by atoms with Gasteiger partial charge in [0.05, 0.1) is 6.10 Å². The van der Waals surface area contributed by atoms with Gasteiger partial charge in [0.1, 0.15) is 9.84 Å². The first-order valence-electron chi connectivity index (χ1n) is 6.84. The van der Waals surface area contributed by atoms with E-state index in [9.17, 15) is 8.42 Å². The fourth-order valence-electron chi connectivity index (χ4n) is 2.18. The maximum absolute atomic E-state index is 11.1. The average Bonchev–Trinajstić information content (AvgIpc) is 2.23. The molecule has 0 aliphatic heterocycles. The molecule has 0 bridgehead atoms. The van der Waals surface area contributed by atoms with E-state index in [1.807, 2.05) is 6.92 Å². The topological polar surface area (TPSA) is 55.4 Å². The van der Waals surface area contributed by atoms with Crippen molar-refractivity contribution in [2.75, 3.05) is 25.2 Å². The van der Waals surface area contributed by atoms with Crippen LogP contribution in [0.15, 0.2) is 0 Å². The monoisotopic (exact) mass is 279 g/mol. The molecule has 0 heterocycles. The van der Waals surface area contributed by atoms with Crippen LogP contribution in [0.25, 0.3) is 0 Å². The van der Waals surface area contributed by atoms with E-state index in [0.717, 1.165) is 13.0 Å². The molecule has 0 amide bonds. The van der Waals surface area contributed by atoms with E-state index in [-0.39, 0.29) is 17.9 Å². The number of rotatable bonds is 10. The summed E-state index contributed by atoms with van der Waals surface area (Å²) in [7, 11) is -2.86. The van der Waals surface area contributed by atoms with Crippen molar-refractivity contribution in [3.63, 3.8) is 0 Å². The van der Waals surface area contributed by atoms with E-state index in [0.29, 0.717) is 18.9 Å². The summed E-state index contributed by atoms with van der Waals surface area (Å²) < 4.78 is 28.1. The molecule has 2 atom stereocenters. The largest absolute Gasteiger partial charge is 0.377 e. The molecule has 0 saturated carbocycles. The molecule has 0 radical (unpaired) electrons. The molecular weight excluding hydrogens is 250 g/mol. The molecule has 0 aliphatic rings. The lowest BCUT2D eigenvalue weighted by molar-refractivity contribution is 0.00175. The highest BCUT2D eigenvalue weighted by Gasteiger charge is 2.24. The van der Waals surface area contributed by atoms with Gasteiger partial charge in [-0.25, -0.2) is 8.42 Å². The summed E-state index contributed by atoms with van der Waals surface area (Å²) in [6, 6.07) is 0.233. The Balaban J connectivity index is 4.42. The molecule has 0 saturated heterocycles. The van der Waals surface area contributed by atoms with Gasteiger partial charge in [0.25, 0.3) is 0 Å². The second-order valence-corrected chi connectivity index (χ2v) is 7.36. The molecule has 5 heteroatoms. The summed E-state index contributed by atoms with van der Waals surface area (Å²) in [5.74, 6) is 0.679. The van der Waals surface area contributed by atoms with E-state index in [1.165, 1.54) is 6.26 Å². The lowest BCUT2D eigenvalue weighted by Crippen LogP contribution is -2.44. The van der Waals surface area contributed by atoms with E-state index in [2.05, 4.69) is 26.1 Å². The van der Waals surface area contributed by atoms with Crippen molar-refractivity contribution in [1.29, 1.82) is 0 Å². The number of nitrogens with one attached hydrogen (secondary N) is 1. The molecule has 4 nitrogen and oxygen atoms in total. The number of hydrogen-bond acceptors (Lipinski definition) is 4. The van der Waals surface area contributed by atoms with Crippen molar-refractivity contribution in [3.8, 4) is 0 Å². The minimum atomic E-state index is -2.86. The average molecular weight is 279 g/mol. The second kappa shape index (κ2) is 8.88. The van der Waals surface area contributed by atoms with Crippen molar-refractivity contribution >= 4 is 9.84 Å². The van der Waals surface area contributed by atoms with Gasteiger partial charge in [0.2, 0.25) is 0 Å². The Morgan fingerprint density at radius 1 is 1.22 bits per heavy atom. The lowest BCUT2D eigenvalue weighted by Gasteiger charge is -2.30. The fourth-order valence-corrected chi connectivity index (χ4v) is 2.87. The van der Waals surface area contributed by atoms with Crippen LogP contribution in [0, 0.1) is 5.92 Å². The van der Waals surface area contributed by atoms with Gasteiger partial charge in [-0.3, -0.25) is 0 Å². The first-order valence-corrected chi connectivity index (χ1v) is 8.90. The second-order valence-electron chi connectivity index (χ2n) is 5.10. The molecule has 0 aromatic rings. The maximum Gasteiger partial charge on any atom is 0.147 e. The van der Waals surface area contributed by atoms with Crippen LogP contribution in [0.1, 0.15) is 40.5 Å². The molecular formula is C13H29NO3S. The molecule has 0 aliphatic carbocycles. The van der Waals surface area contributed by atoms with Crippen molar-refractivity contribution in [2.45, 2.75) is 52.7 Å². The summed E-state index contributed by atoms with van der Waals surface area (Å²) in [6.45, 7) is 9.90. The summed E-state index contributed by atoms with van der Waals surface area (Å²) in [5, 5.41) is 3.42. The van der Waals surface area contributed by atoms with Gasteiger partial charge in [-0.1, -0.05) is 20.8 Å². The summed E-state index contributed by atoms with van der Waals surface area (Å²) in [5.41, 5.74) is 0. The molecule has 0 rings (SSSR count). The zero-order valence-corrected chi connectivity index (χ0v) is 13.2. The van der Waals surface area contributed by atoms with Crippen LogP contribution in [0.2, 0.25) is 0 Å². The Morgan fingerprint density at radius 3 is 2.22 bits per heavy atom. The summed E-state index contributed by atoms with van der Waals surface area (Å²) in [6.07, 6.45) is 2.96. The SMILES string of the molecule is CCNC(CCCS(C)(=O)=O)C(OCC)C(C)C. The van der Waals surface area contributed by atoms with Gasteiger partial charge >= 0.3 is 0 Å². The Kier molecular flexibility index (Phi) is 8.82. The number of sulfone groups is 1. The number of likely N-dealkylation sites (N-methyl/N-ethyl adjacent to an activating group) is 1. The highest BCUT2D eigenvalue weighted by atomic mass is 32.2. The Hall–Kier alpha value is -0.130. The Bertz CT molecular complexity index is 301. The van der Waals surface area contributed by atoms with Crippen LogP contribution in [-0.4, -0.2) is 45.7 Å². The highest BCUT2D eigenvalue weighted by Crippen LogP contribution is 2.15. The van der Waals surface area contributed by atoms with Crippen molar-refractivity contribution in [2.24, 2.45) is 5.92 Å². The predicted molar refractivity (Wildman–Crippen MR) is 76.7 cm³/mol. The maximum atomic E-state index is 11.1. The quantitative estimate of drug-likeness (QED) is 0.663. The molecule has 0 spiro atoms. The summed E-state index contributed by atoms with van der Waals surface area (Å²) >= 11 is 0. The Morgan fingerprint density at radius 2 is 1.83 bits per heavy atom.